The Kier molecular flexibility index (Phi) is 6.99. The number of aromatic nitrogens is 4. The lowest BCUT2D eigenvalue weighted by Gasteiger charge is -2.31. The van der Waals surface area contributed by atoms with Crippen LogP contribution in [0.25, 0.3) is 11.0 Å². The zero-order valence-corrected chi connectivity index (χ0v) is 19.3. The molecule has 0 radical (unpaired) electrons. The van der Waals surface area contributed by atoms with E-state index in [4.69, 9.17) is 4.74 Å². The molecule has 0 unspecified atom stereocenters. The van der Waals surface area contributed by atoms with Gasteiger partial charge < -0.3 is 15.0 Å². The minimum atomic E-state index is -4.45. The Balaban J connectivity index is 1.30. The molecular formula is C20H29F3N6O3S. The number of fused-ring (bicyclic) bond motifs is 1. The van der Waals surface area contributed by atoms with E-state index in [1.54, 1.807) is 6.20 Å². The number of halogens is 3. The number of sulfone groups is 1. The fraction of sp³-hybridized carbons (Fsp3) is 0.750. The first kappa shape index (κ1) is 24.0. The van der Waals surface area contributed by atoms with Crippen LogP contribution in [0, 0.1) is 5.92 Å². The number of hydrogen-bond donors (Lipinski definition) is 2. The number of alkyl halides is 3. The van der Waals surface area contributed by atoms with E-state index in [0.29, 0.717) is 43.9 Å². The number of H-pyrrole nitrogens is 1. The normalized spacial score (nSPS) is 24.8. The van der Waals surface area contributed by atoms with Gasteiger partial charge in [0.15, 0.2) is 21.3 Å². The highest BCUT2D eigenvalue weighted by Crippen LogP contribution is 2.29. The molecule has 2 aromatic heterocycles. The minimum Gasteiger partial charge on any atom is -0.375 e. The van der Waals surface area contributed by atoms with Crippen LogP contribution in [0.5, 0.6) is 0 Å². The molecule has 1 atom stereocenters. The van der Waals surface area contributed by atoms with E-state index >= 15 is 0 Å². The quantitative estimate of drug-likeness (QED) is 0.609. The molecule has 2 N–H and O–H groups in total. The Morgan fingerprint density at radius 2 is 2.03 bits per heavy atom. The second kappa shape index (κ2) is 9.61. The lowest BCUT2D eigenvalue weighted by Crippen LogP contribution is -2.41. The van der Waals surface area contributed by atoms with Crippen molar-refractivity contribution < 1.29 is 26.3 Å². The van der Waals surface area contributed by atoms with Gasteiger partial charge in [0.25, 0.3) is 0 Å². The molecule has 13 heteroatoms. The first-order chi connectivity index (χ1) is 15.6. The molecule has 2 aromatic rings. The molecular weight excluding hydrogens is 461 g/mol. The van der Waals surface area contributed by atoms with Gasteiger partial charge in [0.2, 0.25) is 5.95 Å². The van der Waals surface area contributed by atoms with Crippen molar-refractivity contribution in [3.05, 3.63) is 6.20 Å². The van der Waals surface area contributed by atoms with Gasteiger partial charge in [-0.05, 0) is 38.5 Å². The molecule has 1 saturated heterocycles. The fourth-order valence-electron chi connectivity index (χ4n) is 4.49. The maximum atomic E-state index is 12.3. The lowest BCUT2D eigenvalue weighted by atomic mass is 9.87. The SMILES string of the molecule is C[C@@H]1CN(c2n[nH]c3nc(NC4CCC(CS(=O)(=O)CCC(F)(F)F)CC4)ncc23)CCO1. The summed E-state index contributed by atoms with van der Waals surface area (Å²) in [6, 6.07) is 0.0825. The van der Waals surface area contributed by atoms with Crippen molar-refractivity contribution in [1.82, 2.24) is 20.2 Å². The second-order valence-electron chi connectivity index (χ2n) is 8.97. The van der Waals surface area contributed by atoms with Crippen LogP contribution < -0.4 is 10.2 Å². The Hall–Kier alpha value is -2.15. The van der Waals surface area contributed by atoms with Crippen LogP contribution in [0.4, 0.5) is 24.9 Å². The summed E-state index contributed by atoms with van der Waals surface area (Å²) in [6.07, 6.45) is -1.19. The average Bonchev–Trinajstić information content (AvgIpc) is 3.17. The summed E-state index contributed by atoms with van der Waals surface area (Å²) in [5.41, 5.74) is 0.631. The van der Waals surface area contributed by atoms with Crippen molar-refractivity contribution in [3.63, 3.8) is 0 Å². The van der Waals surface area contributed by atoms with Crippen LogP contribution in [0.1, 0.15) is 39.0 Å². The largest absolute Gasteiger partial charge is 0.390 e. The number of aromatic amines is 1. The van der Waals surface area contributed by atoms with Gasteiger partial charge in [-0.15, -0.1) is 0 Å². The maximum absolute atomic E-state index is 12.3. The van der Waals surface area contributed by atoms with Gasteiger partial charge in [0.05, 0.1) is 36.0 Å². The molecule has 0 spiro atoms. The van der Waals surface area contributed by atoms with Crippen LogP contribution in [0.2, 0.25) is 0 Å². The standard InChI is InChI=1S/C20H29F3N6O3S/c1-13-11-29(7-8-32-13)18-16-10-24-19(26-17(16)27-28-18)25-15-4-2-14(3-5-15)12-33(30,31)9-6-20(21,22)23/h10,13-15H,2-9,11-12H2,1H3,(H2,24,25,26,27,28)/t13-,14?,15?/m1/s1. The molecule has 4 rings (SSSR count). The van der Waals surface area contributed by atoms with Crippen LogP contribution in [0.15, 0.2) is 6.20 Å². The van der Waals surface area contributed by atoms with Crippen molar-refractivity contribution in [2.24, 2.45) is 5.92 Å². The van der Waals surface area contributed by atoms with Crippen LogP contribution >= 0.6 is 0 Å². The Bertz CT molecular complexity index is 1050. The molecule has 33 heavy (non-hydrogen) atoms. The molecule has 0 aromatic carbocycles. The lowest BCUT2D eigenvalue weighted by molar-refractivity contribution is -0.129. The Labute approximate surface area is 190 Å². The topological polar surface area (TPSA) is 113 Å². The molecule has 1 aliphatic heterocycles. The number of rotatable bonds is 7. The Morgan fingerprint density at radius 3 is 2.73 bits per heavy atom. The maximum Gasteiger partial charge on any atom is 0.390 e. The van der Waals surface area contributed by atoms with Crippen molar-refractivity contribution in [1.29, 1.82) is 0 Å². The van der Waals surface area contributed by atoms with Gasteiger partial charge in [-0.1, -0.05) is 0 Å². The van der Waals surface area contributed by atoms with Crippen molar-refractivity contribution in [3.8, 4) is 0 Å². The number of nitrogens with one attached hydrogen (secondary N) is 2. The fourth-order valence-corrected chi connectivity index (χ4v) is 6.25. The number of hydrogen-bond acceptors (Lipinski definition) is 8. The zero-order valence-electron chi connectivity index (χ0n) is 18.4. The van der Waals surface area contributed by atoms with Gasteiger partial charge >= 0.3 is 6.18 Å². The third kappa shape index (κ3) is 6.46. The minimum absolute atomic E-state index is 0.0825. The van der Waals surface area contributed by atoms with E-state index in [-0.39, 0.29) is 23.8 Å². The summed E-state index contributed by atoms with van der Waals surface area (Å²) >= 11 is 0. The zero-order chi connectivity index (χ0) is 23.6. The molecule has 2 fully saturated rings. The smallest absolute Gasteiger partial charge is 0.375 e. The number of morpholine rings is 1. The van der Waals surface area contributed by atoms with Crippen LogP contribution in [0.3, 0.4) is 0 Å². The monoisotopic (exact) mass is 490 g/mol. The third-order valence-electron chi connectivity index (χ3n) is 6.20. The summed E-state index contributed by atoms with van der Waals surface area (Å²) in [5, 5.41) is 11.5. The summed E-state index contributed by atoms with van der Waals surface area (Å²) in [5.74, 6) is 0.136. The van der Waals surface area contributed by atoms with E-state index < -0.39 is 28.2 Å². The molecule has 9 nitrogen and oxygen atoms in total. The van der Waals surface area contributed by atoms with Gasteiger partial charge in [-0.3, -0.25) is 5.10 Å². The number of anilines is 2. The third-order valence-corrected chi connectivity index (χ3v) is 8.01. The molecule has 1 aliphatic carbocycles. The molecule has 1 saturated carbocycles. The van der Waals surface area contributed by atoms with E-state index in [1.165, 1.54) is 0 Å². The molecule has 184 valence electrons. The predicted octanol–water partition coefficient (Wildman–Crippen LogP) is 2.92. The van der Waals surface area contributed by atoms with Crippen molar-refractivity contribution in [2.45, 2.75) is 57.3 Å². The summed E-state index contributed by atoms with van der Waals surface area (Å²) < 4.78 is 66.6. The van der Waals surface area contributed by atoms with E-state index in [0.717, 1.165) is 24.3 Å². The van der Waals surface area contributed by atoms with E-state index in [2.05, 4.69) is 30.4 Å². The highest BCUT2D eigenvalue weighted by Gasteiger charge is 2.32. The molecule has 0 amide bonds. The van der Waals surface area contributed by atoms with Gasteiger partial charge in [-0.2, -0.15) is 23.3 Å². The van der Waals surface area contributed by atoms with Crippen molar-refractivity contribution >= 4 is 32.6 Å². The predicted molar refractivity (Wildman–Crippen MR) is 118 cm³/mol. The first-order valence-corrected chi connectivity index (χ1v) is 13.0. The van der Waals surface area contributed by atoms with Crippen LogP contribution in [-0.2, 0) is 14.6 Å². The Morgan fingerprint density at radius 1 is 1.27 bits per heavy atom. The number of nitrogens with zero attached hydrogens (tertiary/aromatic N) is 4. The summed E-state index contributed by atoms with van der Waals surface area (Å²) in [4.78, 5) is 11.1. The van der Waals surface area contributed by atoms with Gasteiger partial charge in [-0.25, -0.2) is 13.4 Å². The molecule has 0 bridgehead atoms. The van der Waals surface area contributed by atoms with Crippen LogP contribution in [-0.4, -0.2) is 78.1 Å². The second-order valence-corrected chi connectivity index (χ2v) is 11.2. The van der Waals surface area contributed by atoms with Crippen molar-refractivity contribution in [2.75, 3.05) is 41.4 Å². The highest BCUT2D eigenvalue weighted by molar-refractivity contribution is 7.91. The van der Waals surface area contributed by atoms with Gasteiger partial charge in [0, 0.05) is 25.3 Å². The van der Waals surface area contributed by atoms with E-state index in [1.807, 2.05) is 6.92 Å². The molecule has 2 aliphatic rings. The van der Waals surface area contributed by atoms with Gasteiger partial charge in [0.1, 0.15) is 0 Å². The number of ether oxygens (including phenoxy) is 1. The summed E-state index contributed by atoms with van der Waals surface area (Å²) in [7, 11) is -3.71. The average molecular weight is 491 g/mol. The highest BCUT2D eigenvalue weighted by atomic mass is 32.2. The summed E-state index contributed by atoms with van der Waals surface area (Å²) in [6.45, 7) is 4.16. The van der Waals surface area contributed by atoms with E-state index in [9.17, 15) is 21.6 Å². The first-order valence-electron chi connectivity index (χ1n) is 11.2. The molecule has 3 heterocycles.